The predicted octanol–water partition coefficient (Wildman–Crippen LogP) is 5.02. The molecule has 0 N–H and O–H groups in total. The van der Waals surface area contributed by atoms with E-state index in [0.717, 1.165) is 17.0 Å². The molecule has 0 fully saturated rings. The average molecular weight is 354 g/mol. The minimum Gasteiger partial charge on any atom is -0.258 e. The van der Waals surface area contributed by atoms with Crippen LogP contribution in [0.5, 0.6) is 0 Å². The van der Waals surface area contributed by atoms with E-state index < -0.39 is 0 Å². The van der Waals surface area contributed by atoms with Crippen LogP contribution in [-0.2, 0) is 7.05 Å². The SMILES string of the molecule is Cc1cc(C)c(C)c(-c2c3ccccc3c(-c3cnc(C)cn3)c[n+]2C)c1. The van der Waals surface area contributed by atoms with Crippen molar-refractivity contribution in [2.45, 2.75) is 27.7 Å². The van der Waals surface area contributed by atoms with Gasteiger partial charge in [-0.1, -0.05) is 29.8 Å². The van der Waals surface area contributed by atoms with Crippen molar-refractivity contribution < 1.29 is 4.57 Å². The predicted molar refractivity (Wildman–Crippen MR) is 111 cm³/mol. The third-order valence-electron chi connectivity index (χ3n) is 5.27. The third kappa shape index (κ3) is 2.99. The van der Waals surface area contributed by atoms with Crippen LogP contribution in [0.1, 0.15) is 22.4 Å². The van der Waals surface area contributed by atoms with E-state index >= 15 is 0 Å². The maximum atomic E-state index is 4.61. The monoisotopic (exact) mass is 354 g/mol. The fourth-order valence-electron chi connectivity index (χ4n) is 3.80. The van der Waals surface area contributed by atoms with E-state index in [1.165, 1.54) is 38.7 Å². The van der Waals surface area contributed by atoms with Crippen molar-refractivity contribution in [1.29, 1.82) is 0 Å². The Morgan fingerprint density at radius 2 is 1.56 bits per heavy atom. The van der Waals surface area contributed by atoms with Gasteiger partial charge >= 0.3 is 0 Å². The molecule has 3 nitrogen and oxygen atoms in total. The zero-order valence-electron chi connectivity index (χ0n) is 16.5. The molecular weight excluding hydrogens is 330 g/mol. The molecular formula is C24H24N3+. The van der Waals surface area contributed by atoms with Crippen LogP contribution in [0.25, 0.3) is 33.3 Å². The highest BCUT2D eigenvalue weighted by Crippen LogP contribution is 2.34. The standard InChI is InChI=1S/C24H24N3/c1-15-10-16(2)18(4)21(11-15)24-20-9-7-6-8-19(20)22(14-27(24)5)23-13-25-17(3)12-26-23/h6-14H,1-5H3/q+1. The molecule has 4 aromatic rings. The Bertz CT molecular complexity index is 1160. The van der Waals surface area contributed by atoms with Gasteiger partial charge in [0.1, 0.15) is 7.05 Å². The van der Waals surface area contributed by atoms with Crippen LogP contribution in [0, 0.1) is 27.7 Å². The summed E-state index contributed by atoms with van der Waals surface area (Å²) in [6.07, 6.45) is 5.86. The van der Waals surface area contributed by atoms with Gasteiger partial charge in [-0.05, 0) is 51.0 Å². The summed E-state index contributed by atoms with van der Waals surface area (Å²) in [7, 11) is 2.12. The first-order chi connectivity index (χ1) is 13.0. The smallest absolute Gasteiger partial charge is 0.220 e. The van der Waals surface area contributed by atoms with E-state index in [4.69, 9.17) is 0 Å². The minimum absolute atomic E-state index is 0.899. The van der Waals surface area contributed by atoms with E-state index in [2.05, 4.69) is 84.9 Å². The number of fused-ring (bicyclic) bond motifs is 1. The van der Waals surface area contributed by atoms with Gasteiger partial charge in [0.2, 0.25) is 5.69 Å². The van der Waals surface area contributed by atoms with Gasteiger partial charge in [-0.3, -0.25) is 9.97 Å². The second-order valence-electron chi connectivity index (χ2n) is 7.35. The topological polar surface area (TPSA) is 29.7 Å². The van der Waals surface area contributed by atoms with Crippen molar-refractivity contribution in [3.05, 3.63) is 77.4 Å². The number of hydrogen-bond donors (Lipinski definition) is 0. The average Bonchev–Trinajstić information content (AvgIpc) is 2.65. The summed E-state index contributed by atoms with van der Waals surface area (Å²) in [4.78, 5) is 9.05. The molecule has 2 heterocycles. The van der Waals surface area contributed by atoms with Crippen molar-refractivity contribution in [1.82, 2.24) is 9.97 Å². The Hall–Kier alpha value is -3.07. The second-order valence-corrected chi connectivity index (χ2v) is 7.35. The molecule has 0 saturated heterocycles. The summed E-state index contributed by atoms with van der Waals surface area (Å²) in [5.74, 6) is 0. The summed E-state index contributed by atoms with van der Waals surface area (Å²) in [6.45, 7) is 8.51. The van der Waals surface area contributed by atoms with Crippen LogP contribution in [0.3, 0.4) is 0 Å². The second kappa shape index (κ2) is 6.58. The fourth-order valence-corrected chi connectivity index (χ4v) is 3.80. The van der Waals surface area contributed by atoms with Gasteiger partial charge in [-0.2, -0.15) is 4.57 Å². The molecule has 4 rings (SSSR count). The van der Waals surface area contributed by atoms with Crippen molar-refractivity contribution in [3.63, 3.8) is 0 Å². The Morgan fingerprint density at radius 1 is 0.815 bits per heavy atom. The molecule has 0 spiro atoms. The summed E-state index contributed by atoms with van der Waals surface area (Å²) in [6, 6.07) is 13.1. The van der Waals surface area contributed by atoms with Gasteiger partial charge in [-0.15, -0.1) is 0 Å². The lowest BCUT2D eigenvalue weighted by molar-refractivity contribution is -0.658. The molecule has 3 heteroatoms. The Kier molecular flexibility index (Phi) is 4.23. The van der Waals surface area contributed by atoms with Crippen molar-refractivity contribution in [2.24, 2.45) is 7.05 Å². The normalized spacial score (nSPS) is 11.1. The third-order valence-corrected chi connectivity index (χ3v) is 5.27. The van der Waals surface area contributed by atoms with Crippen LogP contribution >= 0.6 is 0 Å². The molecule has 0 aliphatic heterocycles. The highest BCUT2D eigenvalue weighted by molar-refractivity contribution is 6.01. The molecule has 2 aromatic carbocycles. The first-order valence-electron chi connectivity index (χ1n) is 9.24. The molecule has 27 heavy (non-hydrogen) atoms. The molecule has 0 atom stereocenters. The lowest BCUT2D eigenvalue weighted by atomic mass is 9.93. The highest BCUT2D eigenvalue weighted by atomic mass is 14.9. The van der Waals surface area contributed by atoms with Crippen LogP contribution < -0.4 is 4.57 Å². The number of aromatic nitrogens is 3. The number of pyridine rings is 1. The maximum absolute atomic E-state index is 4.61. The number of hydrogen-bond acceptors (Lipinski definition) is 2. The van der Waals surface area contributed by atoms with E-state index in [0.29, 0.717) is 0 Å². The molecule has 0 unspecified atom stereocenters. The lowest BCUT2D eigenvalue weighted by Gasteiger charge is -2.13. The first-order valence-corrected chi connectivity index (χ1v) is 9.24. The molecule has 0 amide bonds. The minimum atomic E-state index is 0.899. The lowest BCUT2D eigenvalue weighted by Crippen LogP contribution is -2.31. The molecule has 0 aliphatic carbocycles. The van der Waals surface area contributed by atoms with Gasteiger partial charge in [0.25, 0.3) is 0 Å². The molecule has 0 radical (unpaired) electrons. The van der Waals surface area contributed by atoms with Crippen molar-refractivity contribution in [3.8, 4) is 22.5 Å². The molecule has 2 aromatic heterocycles. The fraction of sp³-hybridized carbons (Fsp3) is 0.208. The molecule has 0 saturated carbocycles. The Labute approximate surface area is 160 Å². The molecule has 0 aliphatic rings. The van der Waals surface area contributed by atoms with Crippen LogP contribution in [0.15, 0.2) is 55.0 Å². The van der Waals surface area contributed by atoms with Crippen molar-refractivity contribution in [2.75, 3.05) is 0 Å². The van der Waals surface area contributed by atoms with Gasteiger partial charge in [0, 0.05) is 11.6 Å². The number of aryl methyl sites for hydroxylation is 4. The van der Waals surface area contributed by atoms with Gasteiger partial charge in [-0.25, -0.2) is 0 Å². The zero-order valence-corrected chi connectivity index (χ0v) is 16.5. The van der Waals surface area contributed by atoms with Crippen molar-refractivity contribution >= 4 is 10.8 Å². The number of rotatable bonds is 2. The van der Waals surface area contributed by atoms with Gasteiger partial charge in [0.05, 0.1) is 34.1 Å². The van der Waals surface area contributed by atoms with Gasteiger partial charge < -0.3 is 0 Å². The van der Waals surface area contributed by atoms with Crippen LogP contribution in [0.4, 0.5) is 0 Å². The van der Waals surface area contributed by atoms with Crippen LogP contribution in [0.2, 0.25) is 0 Å². The molecule has 134 valence electrons. The van der Waals surface area contributed by atoms with E-state index in [1.807, 2.05) is 19.3 Å². The molecule has 0 bridgehead atoms. The summed E-state index contributed by atoms with van der Waals surface area (Å²) < 4.78 is 2.22. The van der Waals surface area contributed by atoms with Crippen LogP contribution in [-0.4, -0.2) is 9.97 Å². The zero-order chi connectivity index (χ0) is 19.1. The van der Waals surface area contributed by atoms with Gasteiger partial charge in [0.15, 0.2) is 6.20 Å². The Balaban J connectivity index is 2.07. The van der Waals surface area contributed by atoms with E-state index in [9.17, 15) is 0 Å². The highest BCUT2D eigenvalue weighted by Gasteiger charge is 2.22. The maximum Gasteiger partial charge on any atom is 0.220 e. The first kappa shape index (κ1) is 17.3. The van der Waals surface area contributed by atoms with E-state index in [1.54, 1.807) is 0 Å². The summed E-state index contributed by atoms with van der Waals surface area (Å²) in [5.41, 5.74) is 9.38. The number of nitrogens with zero attached hydrogens (tertiary/aromatic N) is 3. The number of benzene rings is 2. The van der Waals surface area contributed by atoms with E-state index in [-0.39, 0.29) is 0 Å². The largest absolute Gasteiger partial charge is 0.258 e. The summed E-state index contributed by atoms with van der Waals surface area (Å²) >= 11 is 0. The summed E-state index contributed by atoms with van der Waals surface area (Å²) in [5, 5.41) is 2.43. The Morgan fingerprint density at radius 3 is 2.26 bits per heavy atom. The quantitative estimate of drug-likeness (QED) is 0.473.